The third-order valence-electron chi connectivity index (χ3n) is 2.75. The monoisotopic (exact) mass is 224 g/mol. The van der Waals surface area contributed by atoms with E-state index in [-0.39, 0.29) is 18.4 Å². The fraction of sp³-hybridized carbons (Fsp3) is 0.636. The lowest BCUT2D eigenvalue weighted by Crippen LogP contribution is -2.55. The number of terminal acetylenes is 1. The third kappa shape index (κ3) is 2.97. The molecule has 1 atom stereocenters. The SMILES string of the molecule is C#CCNCC(=O)NC(C)(C(=O)O)C1CC1. The standard InChI is InChI=1S/C11H16N2O3/c1-3-6-12-7-9(14)13-11(2,10(15)16)8-4-5-8/h1,8,12H,4-7H2,2H3,(H,13,14)(H,15,16). The van der Waals surface area contributed by atoms with Crippen LogP contribution in [-0.2, 0) is 9.59 Å². The Hall–Kier alpha value is -1.54. The van der Waals surface area contributed by atoms with Gasteiger partial charge in [-0.05, 0) is 25.7 Å². The second-order valence-corrected chi connectivity index (χ2v) is 4.14. The topological polar surface area (TPSA) is 78.4 Å². The molecule has 5 heteroatoms. The minimum atomic E-state index is -1.14. The first-order valence-electron chi connectivity index (χ1n) is 5.19. The average Bonchev–Trinajstić information content (AvgIpc) is 3.00. The lowest BCUT2D eigenvalue weighted by atomic mass is 9.96. The molecule has 1 aliphatic rings. The molecule has 1 unspecified atom stereocenters. The van der Waals surface area contributed by atoms with Gasteiger partial charge < -0.3 is 10.4 Å². The lowest BCUT2D eigenvalue weighted by Gasteiger charge is -2.26. The Balaban J connectivity index is 2.46. The van der Waals surface area contributed by atoms with Gasteiger partial charge in [-0.3, -0.25) is 10.1 Å². The van der Waals surface area contributed by atoms with E-state index in [1.54, 1.807) is 6.92 Å². The van der Waals surface area contributed by atoms with E-state index in [1.165, 1.54) is 0 Å². The Morgan fingerprint density at radius 3 is 2.62 bits per heavy atom. The number of nitrogens with one attached hydrogen (secondary N) is 2. The van der Waals surface area contributed by atoms with Gasteiger partial charge in [0.25, 0.3) is 0 Å². The quantitative estimate of drug-likeness (QED) is 0.423. The van der Waals surface area contributed by atoms with Crippen LogP contribution in [0.4, 0.5) is 0 Å². The second-order valence-electron chi connectivity index (χ2n) is 4.14. The molecular weight excluding hydrogens is 208 g/mol. The van der Waals surface area contributed by atoms with Gasteiger partial charge in [-0.1, -0.05) is 5.92 Å². The van der Waals surface area contributed by atoms with Gasteiger partial charge in [-0.15, -0.1) is 6.42 Å². The largest absolute Gasteiger partial charge is 0.480 e. The number of hydrogen-bond acceptors (Lipinski definition) is 3. The first kappa shape index (κ1) is 12.5. The lowest BCUT2D eigenvalue weighted by molar-refractivity contribution is -0.147. The molecule has 0 aromatic carbocycles. The average molecular weight is 224 g/mol. The molecule has 5 nitrogen and oxygen atoms in total. The molecule has 0 saturated heterocycles. The van der Waals surface area contributed by atoms with Crippen LogP contribution >= 0.6 is 0 Å². The van der Waals surface area contributed by atoms with Crippen LogP contribution in [0.25, 0.3) is 0 Å². The molecule has 0 aliphatic heterocycles. The Morgan fingerprint density at radius 2 is 2.19 bits per heavy atom. The van der Waals surface area contributed by atoms with Crippen molar-refractivity contribution in [3.8, 4) is 12.3 Å². The zero-order chi connectivity index (χ0) is 12.2. The summed E-state index contributed by atoms with van der Waals surface area (Å²) in [6, 6.07) is 0. The van der Waals surface area contributed by atoms with E-state index in [0.717, 1.165) is 12.8 Å². The van der Waals surface area contributed by atoms with Crippen molar-refractivity contribution in [3.05, 3.63) is 0 Å². The molecule has 1 fully saturated rings. The van der Waals surface area contributed by atoms with Gasteiger partial charge in [-0.25, -0.2) is 4.79 Å². The summed E-state index contributed by atoms with van der Waals surface area (Å²) in [6.07, 6.45) is 6.71. The van der Waals surface area contributed by atoms with Crippen molar-refractivity contribution in [2.75, 3.05) is 13.1 Å². The van der Waals surface area contributed by atoms with Crippen LogP contribution in [0.15, 0.2) is 0 Å². The highest BCUT2D eigenvalue weighted by Gasteiger charge is 2.48. The Kier molecular flexibility index (Phi) is 3.91. The van der Waals surface area contributed by atoms with Gasteiger partial charge in [0.2, 0.25) is 5.91 Å². The van der Waals surface area contributed by atoms with Gasteiger partial charge in [0.1, 0.15) is 5.54 Å². The van der Waals surface area contributed by atoms with Gasteiger partial charge >= 0.3 is 5.97 Å². The molecule has 0 heterocycles. The van der Waals surface area contributed by atoms with Gasteiger partial charge in [0, 0.05) is 0 Å². The Bertz CT molecular complexity index is 331. The maximum atomic E-state index is 11.5. The summed E-state index contributed by atoms with van der Waals surface area (Å²) in [6.45, 7) is 1.88. The van der Waals surface area contributed by atoms with Crippen molar-refractivity contribution in [2.45, 2.75) is 25.3 Å². The van der Waals surface area contributed by atoms with Crippen molar-refractivity contribution >= 4 is 11.9 Å². The fourth-order valence-electron chi connectivity index (χ4n) is 1.57. The summed E-state index contributed by atoms with van der Waals surface area (Å²) in [4.78, 5) is 22.6. The van der Waals surface area contributed by atoms with Crippen molar-refractivity contribution in [2.24, 2.45) is 5.92 Å². The molecular formula is C11H16N2O3. The van der Waals surface area contributed by atoms with Gasteiger partial charge in [0.15, 0.2) is 0 Å². The van der Waals surface area contributed by atoms with E-state index in [9.17, 15) is 9.59 Å². The number of carbonyl (C=O) groups is 2. The maximum absolute atomic E-state index is 11.5. The number of rotatable bonds is 6. The number of hydrogen-bond donors (Lipinski definition) is 3. The van der Waals surface area contributed by atoms with E-state index in [4.69, 9.17) is 11.5 Å². The number of carboxylic acids is 1. The van der Waals surface area contributed by atoms with E-state index < -0.39 is 11.5 Å². The minimum absolute atomic E-state index is 0.0415. The van der Waals surface area contributed by atoms with E-state index in [1.807, 2.05) is 0 Å². The smallest absolute Gasteiger partial charge is 0.329 e. The van der Waals surface area contributed by atoms with E-state index >= 15 is 0 Å². The number of carboxylic acid groups (broad SMARTS) is 1. The van der Waals surface area contributed by atoms with E-state index in [0.29, 0.717) is 6.54 Å². The van der Waals surface area contributed by atoms with Gasteiger partial charge in [0.05, 0.1) is 13.1 Å². The normalized spacial score (nSPS) is 18.2. The first-order chi connectivity index (χ1) is 7.50. The Morgan fingerprint density at radius 1 is 1.56 bits per heavy atom. The summed E-state index contributed by atoms with van der Waals surface area (Å²) < 4.78 is 0. The zero-order valence-electron chi connectivity index (χ0n) is 9.25. The fourth-order valence-corrected chi connectivity index (χ4v) is 1.57. The minimum Gasteiger partial charge on any atom is -0.480 e. The summed E-state index contributed by atoms with van der Waals surface area (Å²) in [5, 5.41) is 14.4. The molecule has 1 aliphatic carbocycles. The molecule has 1 saturated carbocycles. The molecule has 0 bridgehead atoms. The summed E-state index contributed by atoms with van der Waals surface area (Å²) in [5.74, 6) is 1.05. The Labute approximate surface area is 94.6 Å². The van der Waals surface area contributed by atoms with Crippen LogP contribution in [-0.4, -0.2) is 35.6 Å². The van der Waals surface area contributed by atoms with E-state index in [2.05, 4.69) is 16.6 Å². The maximum Gasteiger partial charge on any atom is 0.329 e. The van der Waals surface area contributed by atoms with Gasteiger partial charge in [-0.2, -0.15) is 0 Å². The molecule has 0 aromatic heterocycles. The highest BCUT2D eigenvalue weighted by atomic mass is 16.4. The van der Waals surface area contributed by atoms with Crippen LogP contribution in [0.3, 0.4) is 0 Å². The molecule has 3 N–H and O–H groups in total. The van der Waals surface area contributed by atoms with Crippen LogP contribution in [0.2, 0.25) is 0 Å². The van der Waals surface area contributed by atoms with Crippen LogP contribution in [0.5, 0.6) is 0 Å². The first-order valence-corrected chi connectivity index (χ1v) is 5.19. The molecule has 0 radical (unpaired) electrons. The molecule has 1 amide bonds. The number of amides is 1. The molecule has 0 spiro atoms. The molecule has 16 heavy (non-hydrogen) atoms. The van der Waals surface area contributed by atoms with Crippen LogP contribution in [0, 0.1) is 18.3 Å². The second kappa shape index (κ2) is 4.99. The highest BCUT2D eigenvalue weighted by molar-refractivity contribution is 5.88. The summed E-state index contributed by atoms with van der Waals surface area (Å²) >= 11 is 0. The van der Waals surface area contributed by atoms with Crippen LogP contribution < -0.4 is 10.6 Å². The third-order valence-corrected chi connectivity index (χ3v) is 2.75. The van der Waals surface area contributed by atoms with Crippen molar-refractivity contribution in [3.63, 3.8) is 0 Å². The number of aliphatic carboxylic acids is 1. The number of carbonyl (C=O) groups excluding carboxylic acids is 1. The highest BCUT2D eigenvalue weighted by Crippen LogP contribution is 2.39. The zero-order valence-corrected chi connectivity index (χ0v) is 9.25. The molecule has 0 aromatic rings. The molecule has 1 rings (SSSR count). The molecule has 88 valence electrons. The predicted octanol–water partition coefficient (Wildman–Crippen LogP) is -0.421. The van der Waals surface area contributed by atoms with Crippen LogP contribution in [0.1, 0.15) is 19.8 Å². The summed E-state index contributed by atoms with van der Waals surface area (Å²) in [7, 11) is 0. The predicted molar refractivity (Wildman–Crippen MR) is 58.6 cm³/mol. The summed E-state index contributed by atoms with van der Waals surface area (Å²) in [5.41, 5.74) is -1.14. The van der Waals surface area contributed by atoms with Crippen molar-refractivity contribution in [1.29, 1.82) is 0 Å². The van der Waals surface area contributed by atoms with Crippen molar-refractivity contribution < 1.29 is 14.7 Å². The van der Waals surface area contributed by atoms with Crippen molar-refractivity contribution in [1.82, 2.24) is 10.6 Å².